The van der Waals surface area contributed by atoms with Crippen LogP contribution in [0.25, 0.3) is 0 Å². The van der Waals surface area contributed by atoms with E-state index in [0.717, 1.165) is 5.56 Å². The van der Waals surface area contributed by atoms with Crippen molar-refractivity contribution < 1.29 is 0 Å². The van der Waals surface area contributed by atoms with Gasteiger partial charge in [-0.25, -0.2) is 4.79 Å². The third kappa shape index (κ3) is 2.05. The van der Waals surface area contributed by atoms with E-state index in [2.05, 4.69) is 4.98 Å². The van der Waals surface area contributed by atoms with Gasteiger partial charge in [-0.1, -0.05) is 30.3 Å². The SMILES string of the molecule is Nc1c(N)n(Cc2ccccc2)c(=O)[nH]c1=O. The highest BCUT2D eigenvalue weighted by atomic mass is 16.2. The van der Waals surface area contributed by atoms with Crippen LogP contribution >= 0.6 is 0 Å². The summed E-state index contributed by atoms with van der Waals surface area (Å²) in [6.07, 6.45) is 0. The standard InChI is InChI=1S/C11H12N4O2/c12-8-9(13)15(11(17)14-10(8)16)6-7-4-2-1-3-5-7/h1-5H,6,12-13H2,(H,14,16,17). The number of nitrogens with two attached hydrogens (primary N) is 2. The monoisotopic (exact) mass is 232 g/mol. The molecule has 88 valence electrons. The first-order chi connectivity index (χ1) is 8.09. The number of anilines is 2. The average Bonchev–Trinajstić information content (AvgIpc) is 2.33. The number of benzene rings is 1. The number of aromatic amines is 1. The molecule has 0 saturated carbocycles. The van der Waals surface area contributed by atoms with Crippen LogP contribution in [-0.4, -0.2) is 9.55 Å². The summed E-state index contributed by atoms with van der Waals surface area (Å²) in [4.78, 5) is 24.9. The molecule has 0 radical (unpaired) electrons. The fraction of sp³-hybridized carbons (Fsp3) is 0.0909. The number of nitrogens with one attached hydrogen (secondary N) is 1. The Kier molecular flexibility index (Phi) is 2.70. The van der Waals surface area contributed by atoms with Crippen molar-refractivity contribution >= 4 is 11.5 Å². The number of nitrogen functional groups attached to an aromatic ring is 2. The second-order valence-electron chi connectivity index (χ2n) is 3.63. The van der Waals surface area contributed by atoms with Crippen molar-refractivity contribution in [1.82, 2.24) is 9.55 Å². The number of hydrogen-bond donors (Lipinski definition) is 3. The van der Waals surface area contributed by atoms with Crippen LogP contribution in [0, 0.1) is 0 Å². The maximum absolute atomic E-state index is 11.6. The number of nitrogens with zero attached hydrogens (tertiary/aromatic N) is 1. The zero-order valence-corrected chi connectivity index (χ0v) is 9.01. The summed E-state index contributed by atoms with van der Waals surface area (Å²) in [7, 11) is 0. The van der Waals surface area contributed by atoms with Gasteiger partial charge in [-0.3, -0.25) is 14.3 Å². The minimum atomic E-state index is -0.656. The minimum Gasteiger partial charge on any atom is -0.391 e. The molecule has 0 bridgehead atoms. The predicted molar refractivity (Wildman–Crippen MR) is 65.7 cm³/mol. The summed E-state index contributed by atoms with van der Waals surface area (Å²) >= 11 is 0. The molecular weight excluding hydrogens is 220 g/mol. The van der Waals surface area contributed by atoms with Crippen LogP contribution in [0.3, 0.4) is 0 Å². The molecule has 0 atom stereocenters. The molecule has 0 aliphatic heterocycles. The molecule has 0 aliphatic carbocycles. The molecule has 6 heteroatoms. The molecule has 6 nitrogen and oxygen atoms in total. The van der Waals surface area contributed by atoms with Crippen molar-refractivity contribution in [3.63, 3.8) is 0 Å². The summed E-state index contributed by atoms with van der Waals surface area (Å²) in [5, 5.41) is 0. The molecule has 0 unspecified atom stereocenters. The van der Waals surface area contributed by atoms with E-state index in [1.807, 2.05) is 30.3 Å². The number of aromatic nitrogens is 2. The average molecular weight is 232 g/mol. The van der Waals surface area contributed by atoms with Gasteiger partial charge in [0.25, 0.3) is 5.56 Å². The van der Waals surface area contributed by atoms with Crippen molar-refractivity contribution in [2.24, 2.45) is 0 Å². The van der Waals surface area contributed by atoms with E-state index >= 15 is 0 Å². The molecule has 0 amide bonds. The number of hydrogen-bond acceptors (Lipinski definition) is 4. The van der Waals surface area contributed by atoms with Gasteiger partial charge in [0, 0.05) is 0 Å². The fourth-order valence-electron chi connectivity index (χ4n) is 1.53. The Balaban J connectivity index is 2.51. The molecule has 17 heavy (non-hydrogen) atoms. The molecule has 0 spiro atoms. The molecule has 5 N–H and O–H groups in total. The zero-order valence-electron chi connectivity index (χ0n) is 9.01. The van der Waals surface area contributed by atoms with Gasteiger partial charge in [0.15, 0.2) is 0 Å². The highest BCUT2D eigenvalue weighted by molar-refractivity contribution is 5.56. The highest BCUT2D eigenvalue weighted by Crippen LogP contribution is 2.08. The predicted octanol–water partition coefficient (Wildman–Crippen LogP) is -0.251. The van der Waals surface area contributed by atoms with Crippen LogP contribution in [0.4, 0.5) is 11.5 Å². The molecule has 0 saturated heterocycles. The molecule has 1 aromatic heterocycles. The number of rotatable bonds is 2. The Bertz CT molecular complexity index is 643. The topological polar surface area (TPSA) is 107 Å². The second-order valence-corrected chi connectivity index (χ2v) is 3.63. The van der Waals surface area contributed by atoms with Crippen LogP contribution in [0.5, 0.6) is 0 Å². The lowest BCUT2D eigenvalue weighted by molar-refractivity contribution is 0.735. The summed E-state index contributed by atoms with van der Waals surface area (Å²) < 4.78 is 1.23. The third-order valence-electron chi connectivity index (χ3n) is 2.46. The highest BCUT2D eigenvalue weighted by Gasteiger charge is 2.08. The van der Waals surface area contributed by atoms with E-state index in [1.54, 1.807) is 0 Å². The van der Waals surface area contributed by atoms with Gasteiger partial charge in [0.1, 0.15) is 11.5 Å². The van der Waals surface area contributed by atoms with Crippen LogP contribution in [-0.2, 0) is 6.54 Å². The Morgan fingerprint density at radius 2 is 1.76 bits per heavy atom. The van der Waals surface area contributed by atoms with Crippen molar-refractivity contribution in [2.75, 3.05) is 11.5 Å². The molecule has 0 fully saturated rings. The molecule has 1 heterocycles. The Hall–Kier alpha value is -2.50. The third-order valence-corrected chi connectivity index (χ3v) is 2.46. The molecule has 1 aromatic carbocycles. The molecular formula is C11H12N4O2. The van der Waals surface area contributed by atoms with E-state index < -0.39 is 11.2 Å². The van der Waals surface area contributed by atoms with Gasteiger partial charge in [-0.05, 0) is 5.56 Å². The van der Waals surface area contributed by atoms with Gasteiger partial charge in [0.2, 0.25) is 0 Å². The van der Waals surface area contributed by atoms with Crippen molar-refractivity contribution in [3.05, 3.63) is 56.7 Å². The van der Waals surface area contributed by atoms with E-state index in [-0.39, 0.29) is 18.1 Å². The van der Waals surface area contributed by atoms with Crippen LogP contribution in [0.15, 0.2) is 39.9 Å². The van der Waals surface area contributed by atoms with E-state index in [9.17, 15) is 9.59 Å². The van der Waals surface area contributed by atoms with Gasteiger partial charge in [0.05, 0.1) is 6.54 Å². The van der Waals surface area contributed by atoms with Crippen molar-refractivity contribution in [2.45, 2.75) is 6.54 Å². The first-order valence-corrected chi connectivity index (χ1v) is 5.01. The van der Waals surface area contributed by atoms with Gasteiger partial charge >= 0.3 is 5.69 Å². The smallest absolute Gasteiger partial charge is 0.330 e. The van der Waals surface area contributed by atoms with E-state index in [1.165, 1.54) is 4.57 Å². The summed E-state index contributed by atoms with van der Waals surface area (Å²) in [5.74, 6) is -0.0115. The van der Waals surface area contributed by atoms with Gasteiger partial charge < -0.3 is 11.5 Å². The molecule has 2 aromatic rings. The van der Waals surface area contributed by atoms with Crippen molar-refractivity contribution in [3.8, 4) is 0 Å². The Morgan fingerprint density at radius 1 is 1.12 bits per heavy atom. The lowest BCUT2D eigenvalue weighted by atomic mass is 10.2. The van der Waals surface area contributed by atoms with E-state index in [0.29, 0.717) is 0 Å². The van der Waals surface area contributed by atoms with E-state index in [4.69, 9.17) is 11.5 Å². The summed E-state index contributed by atoms with van der Waals surface area (Å²) in [6.45, 7) is 0.270. The van der Waals surface area contributed by atoms with Gasteiger partial charge in [-0.15, -0.1) is 0 Å². The molecule has 0 aliphatic rings. The maximum Gasteiger partial charge on any atom is 0.330 e. The lowest BCUT2D eigenvalue weighted by Crippen LogP contribution is -2.34. The van der Waals surface area contributed by atoms with Crippen LogP contribution in [0.1, 0.15) is 5.56 Å². The Morgan fingerprint density at radius 3 is 2.41 bits per heavy atom. The number of H-pyrrole nitrogens is 1. The lowest BCUT2D eigenvalue weighted by Gasteiger charge is -2.10. The minimum absolute atomic E-state index is 0.0115. The summed E-state index contributed by atoms with van der Waals surface area (Å²) in [5.41, 5.74) is 10.7. The van der Waals surface area contributed by atoms with Crippen molar-refractivity contribution in [1.29, 1.82) is 0 Å². The molecule has 2 rings (SSSR count). The first kappa shape index (κ1) is 11.0. The normalized spacial score (nSPS) is 10.4. The first-order valence-electron chi connectivity index (χ1n) is 5.01. The van der Waals surface area contributed by atoms with Gasteiger partial charge in [-0.2, -0.15) is 0 Å². The fourth-order valence-corrected chi connectivity index (χ4v) is 1.53. The quantitative estimate of drug-likeness (QED) is 0.663. The summed E-state index contributed by atoms with van der Waals surface area (Å²) in [6, 6.07) is 9.29. The maximum atomic E-state index is 11.6. The Labute approximate surface area is 96.5 Å². The van der Waals surface area contributed by atoms with Crippen LogP contribution < -0.4 is 22.7 Å². The largest absolute Gasteiger partial charge is 0.391 e. The second kappa shape index (κ2) is 4.17. The zero-order chi connectivity index (χ0) is 12.4. The van der Waals surface area contributed by atoms with Crippen LogP contribution in [0.2, 0.25) is 0 Å².